The van der Waals surface area contributed by atoms with Gasteiger partial charge in [0.1, 0.15) is 0 Å². The molecule has 1 atom stereocenters. The highest BCUT2D eigenvalue weighted by atomic mass is 16.4. The molecule has 2 N–H and O–H groups in total. The molecule has 1 aromatic carbocycles. The lowest BCUT2D eigenvalue weighted by Gasteiger charge is -2.27. The van der Waals surface area contributed by atoms with Crippen molar-refractivity contribution in [3.8, 4) is 0 Å². The Hall–Kier alpha value is -1.35. The quantitative estimate of drug-likeness (QED) is 0.867. The third-order valence-electron chi connectivity index (χ3n) is 3.41. The van der Waals surface area contributed by atoms with Gasteiger partial charge in [-0.2, -0.15) is 0 Å². The number of carbonyl (C=O) groups is 1. The van der Waals surface area contributed by atoms with Crippen LogP contribution in [0.2, 0.25) is 0 Å². The average Bonchev–Trinajstić information content (AvgIpc) is 2.26. The van der Waals surface area contributed by atoms with Crippen LogP contribution in [-0.4, -0.2) is 16.2 Å². The maximum absolute atomic E-state index is 11.3. The molecule has 0 aliphatic heterocycles. The Balaban J connectivity index is 3.44. The smallest absolute Gasteiger partial charge is 0.340 e. The van der Waals surface area contributed by atoms with E-state index < -0.39 is 11.6 Å². The highest BCUT2D eigenvalue weighted by Gasteiger charge is 2.37. The van der Waals surface area contributed by atoms with Crippen LogP contribution in [0.3, 0.4) is 0 Å². The van der Waals surface area contributed by atoms with Crippen LogP contribution in [0.25, 0.3) is 0 Å². The van der Waals surface area contributed by atoms with Gasteiger partial charge in [0.05, 0.1) is 0 Å². The SMILES string of the molecule is CCC(O)(C(=O)O)c1cc(C(C)(C)C)ccc1C. The average molecular weight is 250 g/mol. The lowest BCUT2D eigenvalue weighted by atomic mass is 9.81. The van der Waals surface area contributed by atoms with Gasteiger partial charge >= 0.3 is 5.97 Å². The largest absolute Gasteiger partial charge is 0.479 e. The molecule has 0 saturated heterocycles. The Kier molecular flexibility index (Phi) is 3.86. The molecule has 1 aromatic rings. The van der Waals surface area contributed by atoms with E-state index >= 15 is 0 Å². The Labute approximate surface area is 108 Å². The molecule has 3 nitrogen and oxygen atoms in total. The second-order valence-corrected chi connectivity index (χ2v) is 5.80. The van der Waals surface area contributed by atoms with Crippen LogP contribution in [0.4, 0.5) is 0 Å². The molecular formula is C15H22O3. The summed E-state index contributed by atoms with van der Waals surface area (Å²) in [5, 5.41) is 19.6. The van der Waals surface area contributed by atoms with Crippen LogP contribution >= 0.6 is 0 Å². The van der Waals surface area contributed by atoms with Gasteiger partial charge < -0.3 is 10.2 Å². The predicted octanol–water partition coefficient (Wildman–Crippen LogP) is 2.97. The van der Waals surface area contributed by atoms with Crippen LogP contribution < -0.4 is 0 Å². The highest BCUT2D eigenvalue weighted by Crippen LogP contribution is 2.32. The summed E-state index contributed by atoms with van der Waals surface area (Å²) in [5.74, 6) is -1.20. The third-order valence-corrected chi connectivity index (χ3v) is 3.41. The Morgan fingerprint density at radius 3 is 2.22 bits per heavy atom. The number of hydrogen-bond donors (Lipinski definition) is 2. The Morgan fingerprint density at radius 1 is 1.28 bits per heavy atom. The molecule has 0 bridgehead atoms. The first-order valence-electron chi connectivity index (χ1n) is 6.20. The molecule has 1 rings (SSSR count). The van der Waals surface area contributed by atoms with Crippen molar-refractivity contribution < 1.29 is 15.0 Å². The molecule has 0 fully saturated rings. The second kappa shape index (κ2) is 4.73. The number of aliphatic carboxylic acids is 1. The van der Waals surface area contributed by atoms with Crippen LogP contribution in [0.15, 0.2) is 18.2 Å². The first-order chi connectivity index (χ1) is 8.13. The Bertz CT molecular complexity index is 457. The fourth-order valence-corrected chi connectivity index (χ4v) is 1.99. The third kappa shape index (κ3) is 2.56. The van der Waals surface area contributed by atoms with Crippen molar-refractivity contribution in [1.82, 2.24) is 0 Å². The van der Waals surface area contributed by atoms with Crippen molar-refractivity contribution in [2.75, 3.05) is 0 Å². The number of hydrogen-bond acceptors (Lipinski definition) is 2. The van der Waals surface area contributed by atoms with Gasteiger partial charge in [-0.25, -0.2) is 4.79 Å². The van der Waals surface area contributed by atoms with Gasteiger partial charge in [0.2, 0.25) is 0 Å². The zero-order chi connectivity index (χ0) is 14.1. The maximum Gasteiger partial charge on any atom is 0.340 e. The minimum absolute atomic E-state index is 0.0738. The molecule has 3 heteroatoms. The summed E-state index contributed by atoms with van der Waals surface area (Å²) in [6.07, 6.45) is 0.150. The van der Waals surface area contributed by atoms with Gasteiger partial charge in [0.25, 0.3) is 0 Å². The van der Waals surface area contributed by atoms with Crippen molar-refractivity contribution in [2.24, 2.45) is 0 Å². The van der Waals surface area contributed by atoms with E-state index in [1.165, 1.54) is 0 Å². The predicted molar refractivity (Wildman–Crippen MR) is 71.7 cm³/mol. The van der Waals surface area contributed by atoms with Crippen LogP contribution in [-0.2, 0) is 15.8 Å². The van der Waals surface area contributed by atoms with Gasteiger partial charge in [0, 0.05) is 0 Å². The molecule has 100 valence electrons. The van der Waals surface area contributed by atoms with E-state index in [1.54, 1.807) is 6.92 Å². The highest BCUT2D eigenvalue weighted by molar-refractivity contribution is 5.79. The van der Waals surface area contributed by atoms with Crippen molar-refractivity contribution in [2.45, 2.75) is 52.1 Å². The zero-order valence-electron chi connectivity index (χ0n) is 11.7. The van der Waals surface area contributed by atoms with E-state index in [4.69, 9.17) is 0 Å². The summed E-state index contributed by atoms with van der Waals surface area (Å²) >= 11 is 0. The van der Waals surface area contributed by atoms with Crippen molar-refractivity contribution in [1.29, 1.82) is 0 Å². The van der Waals surface area contributed by atoms with E-state index in [9.17, 15) is 15.0 Å². The lowest BCUT2D eigenvalue weighted by Crippen LogP contribution is -2.36. The number of carboxylic acids is 1. The maximum atomic E-state index is 11.3. The Morgan fingerprint density at radius 2 is 1.83 bits per heavy atom. The van der Waals surface area contributed by atoms with Crippen LogP contribution in [0.5, 0.6) is 0 Å². The molecule has 0 amide bonds. The minimum Gasteiger partial charge on any atom is -0.479 e. The first-order valence-corrected chi connectivity index (χ1v) is 6.20. The summed E-state index contributed by atoms with van der Waals surface area (Å²) in [7, 11) is 0. The van der Waals surface area contributed by atoms with Crippen LogP contribution in [0.1, 0.15) is 50.8 Å². The summed E-state index contributed by atoms with van der Waals surface area (Å²) < 4.78 is 0. The summed E-state index contributed by atoms with van der Waals surface area (Å²) in [4.78, 5) is 11.3. The molecular weight excluding hydrogens is 228 g/mol. The van der Waals surface area contributed by atoms with Crippen LogP contribution in [0, 0.1) is 6.92 Å². The second-order valence-electron chi connectivity index (χ2n) is 5.80. The molecule has 0 aliphatic rings. The molecule has 0 heterocycles. The molecule has 0 saturated carbocycles. The molecule has 18 heavy (non-hydrogen) atoms. The molecule has 0 radical (unpaired) electrons. The molecule has 0 spiro atoms. The standard InChI is InChI=1S/C15H22O3/c1-6-15(18,13(16)17)12-9-11(14(3,4)5)8-7-10(12)2/h7-9,18H,6H2,1-5H3,(H,16,17). The molecule has 1 unspecified atom stereocenters. The van der Waals surface area contributed by atoms with Crippen molar-refractivity contribution in [3.05, 3.63) is 34.9 Å². The molecule has 0 aliphatic carbocycles. The summed E-state index contributed by atoms with van der Waals surface area (Å²) in [5.41, 5.74) is 0.442. The van der Waals surface area contributed by atoms with Crippen molar-refractivity contribution >= 4 is 5.97 Å². The fourth-order valence-electron chi connectivity index (χ4n) is 1.99. The van der Waals surface area contributed by atoms with E-state index in [0.29, 0.717) is 5.56 Å². The van der Waals surface area contributed by atoms with Gasteiger partial charge in [-0.15, -0.1) is 0 Å². The topological polar surface area (TPSA) is 57.5 Å². The van der Waals surface area contributed by atoms with Gasteiger partial charge in [-0.05, 0) is 35.4 Å². The first kappa shape index (κ1) is 14.7. The van der Waals surface area contributed by atoms with Gasteiger partial charge in [0.15, 0.2) is 5.60 Å². The van der Waals surface area contributed by atoms with Gasteiger partial charge in [-0.1, -0.05) is 45.9 Å². The zero-order valence-corrected chi connectivity index (χ0v) is 11.7. The van der Waals surface area contributed by atoms with E-state index in [2.05, 4.69) is 20.8 Å². The number of rotatable bonds is 3. The minimum atomic E-state index is -1.80. The number of carboxylic acid groups (broad SMARTS) is 1. The van der Waals surface area contributed by atoms with Crippen molar-refractivity contribution in [3.63, 3.8) is 0 Å². The lowest BCUT2D eigenvalue weighted by molar-refractivity contribution is -0.160. The van der Waals surface area contributed by atoms with Gasteiger partial charge in [-0.3, -0.25) is 0 Å². The fraction of sp³-hybridized carbons (Fsp3) is 0.533. The van der Waals surface area contributed by atoms with E-state index in [-0.39, 0.29) is 11.8 Å². The number of benzene rings is 1. The monoisotopic (exact) mass is 250 g/mol. The summed E-state index contributed by atoms with van der Waals surface area (Å²) in [6, 6.07) is 5.67. The van der Waals surface area contributed by atoms with E-state index in [0.717, 1.165) is 11.1 Å². The molecule has 0 aromatic heterocycles. The number of aryl methyl sites for hydroxylation is 1. The number of aliphatic hydroxyl groups is 1. The summed E-state index contributed by atoms with van der Waals surface area (Å²) in [6.45, 7) is 9.69. The van der Waals surface area contributed by atoms with E-state index in [1.807, 2.05) is 25.1 Å². The normalized spacial score (nSPS) is 15.2.